The summed E-state index contributed by atoms with van der Waals surface area (Å²) in [5.74, 6) is -1.70. The molecule has 0 spiro atoms. The molecule has 134 valence electrons. The zero-order valence-electron chi connectivity index (χ0n) is 14.5. The quantitative estimate of drug-likeness (QED) is 0.907. The van der Waals surface area contributed by atoms with Crippen LogP contribution in [0, 0.1) is 11.6 Å². The highest BCUT2D eigenvalue weighted by molar-refractivity contribution is 5.94. The van der Waals surface area contributed by atoms with Crippen molar-refractivity contribution < 1.29 is 18.3 Å². The Balaban J connectivity index is 2.10. The lowest BCUT2D eigenvalue weighted by atomic mass is 10.1. The van der Waals surface area contributed by atoms with Crippen molar-refractivity contribution in [3.05, 3.63) is 41.2 Å². The maximum Gasteiger partial charge on any atom is 0.272 e. The topological polar surface area (TPSA) is 56.2 Å². The summed E-state index contributed by atoms with van der Waals surface area (Å²) in [4.78, 5) is 17.1. The lowest BCUT2D eigenvalue weighted by Gasteiger charge is -2.20. The first-order valence-electron chi connectivity index (χ1n) is 8.21. The number of nitrogens with one attached hydrogen (secondary N) is 1. The van der Waals surface area contributed by atoms with Gasteiger partial charge in [-0.3, -0.25) is 4.79 Å². The summed E-state index contributed by atoms with van der Waals surface area (Å²) in [5.41, 5.74) is 1.08. The van der Waals surface area contributed by atoms with Gasteiger partial charge < -0.3 is 14.6 Å². The SMILES string of the molecule is CC(C)(C)NC(=O)c1nc(-c2ccc(F)c(F)c2)n2c1CCOCC2. The standard InChI is InChI=1S/C18H21F2N3O2/c1-18(2,3)22-17(24)15-14-6-8-25-9-7-23(14)16(21-15)11-4-5-12(19)13(20)10-11/h4-5,10H,6-9H2,1-3H3,(H,22,24). The molecular weight excluding hydrogens is 328 g/mol. The van der Waals surface area contributed by atoms with E-state index in [1.54, 1.807) is 0 Å². The second-order valence-corrected chi connectivity index (χ2v) is 7.08. The van der Waals surface area contributed by atoms with E-state index in [4.69, 9.17) is 4.74 Å². The molecule has 0 atom stereocenters. The van der Waals surface area contributed by atoms with E-state index in [2.05, 4.69) is 10.3 Å². The Morgan fingerprint density at radius 3 is 2.68 bits per heavy atom. The van der Waals surface area contributed by atoms with Gasteiger partial charge in [-0.05, 0) is 39.0 Å². The molecule has 25 heavy (non-hydrogen) atoms. The van der Waals surface area contributed by atoms with E-state index in [-0.39, 0.29) is 5.91 Å². The number of nitrogens with zero attached hydrogens (tertiary/aromatic N) is 2. The number of fused-ring (bicyclic) bond motifs is 1. The van der Waals surface area contributed by atoms with Crippen LogP contribution in [-0.2, 0) is 17.7 Å². The van der Waals surface area contributed by atoms with Gasteiger partial charge in [0.05, 0.1) is 18.9 Å². The molecule has 1 aromatic carbocycles. The van der Waals surface area contributed by atoms with E-state index in [1.165, 1.54) is 6.07 Å². The molecule has 0 fully saturated rings. The van der Waals surface area contributed by atoms with Crippen LogP contribution in [-0.4, -0.2) is 34.2 Å². The van der Waals surface area contributed by atoms with Crippen LogP contribution in [0.2, 0.25) is 0 Å². The minimum Gasteiger partial charge on any atom is -0.379 e. The molecule has 3 rings (SSSR count). The molecule has 0 radical (unpaired) electrons. The first-order chi connectivity index (χ1) is 11.8. The molecule has 1 aliphatic heterocycles. The number of halogens is 2. The summed E-state index contributed by atoms with van der Waals surface area (Å²) in [5, 5.41) is 2.90. The van der Waals surface area contributed by atoms with Crippen molar-refractivity contribution in [1.82, 2.24) is 14.9 Å². The van der Waals surface area contributed by atoms with Gasteiger partial charge in [0.25, 0.3) is 5.91 Å². The van der Waals surface area contributed by atoms with Crippen LogP contribution in [0.4, 0.5) is 8.78 Å². The number of imidazole rings is 1. The Kier molecular flexibility index (Phi) is 4.60. The predicted octanol–water partition coefficient (Wildman–Crippen LogP) is 2.93. The van der Waals surface area contributed by atoms with Crippen LogP contribution >= 0.6 is 0 Å². The third kappa shape index (κ3) is 3.71. The molecule has 0 saturated heterocycles. The average molecular weight is 349 g/mol. The number of ether oxygens (including phenoxy) is 1. The number of benzene rings is 1. The molecule has 0 bridgehead atoms. The van der Waals surface area contributed by atoms with Crippen molar-refractivity contribution in [1.29, 1.82) is 0 Å². The Morgan fingerprint density at radius 2 is 2.00 bits per heavy atom. The van der Waals surface area contributed by atoms with Crippen molar-refractivity contribution in [2.75, 3.05) is 13.2 Å². The minimum atomic E-state index is -0.944. The van der Waals surface area contributed by atoms with Crippen LogP contribution in [0.5, 0.6) is 0 Å². The molecule has 0 saturated carbocycles. The largest absolute Gasteiger partial charge is 0.379 e. The average Bonchev–Trinajstić information content (AvgIpc) is 2.71. The Morgan fingerprint density at radius 1 is 1.24 bits per heavy atom. The highest BCUT2D eigenvalue weighted by atomic mass is 19.2. The van der Waals surface area contributed by atoms with E-state index in [0.29, 0.717) is 43.3 Å². The lowest BCUT2D eigenvalue weighted by Crippen LogP contribution is -2.41. The molecule has 2 heterocycles. The molecule has 2 aromatic rings. The van der Waals surface area contributed by atoms with Gasteiger partial charge in [-0.25, -0.2) is 13.8 Å². The van der Waals surface area contributed by atoms with E-state index in [0.717, 1.165) is 17.8 Å². The van der Waals surface area contributed by atoms with Crippen LogP contribution in [0.3, 0.4) is 0 Å². The van der Waals surface area contributed by atoms with Crippen LogP contribution in [0.25, 0.3) is 11.4 Å². The molecule has 1 amide bonds. The van der Waals surface area contributed by atoms with Crippen molar-refractivity contribution in [3.63, 3.8) is 0 Å². The van der Waals surface area contributed by atoms with Crippen molar-refractivity contribution in [3.8, 4) is 11.4 Å². The number of amides is 1. The number of hydrogen-bond donors (Lipinski definition) is 1. The molecule has 7 heteroatoms. The number of aromatic nitrogens is 2. The van der Waals surface area contributed by atoms with Gasteiger partial charge in [0, 0.05) is 24.1 Å². The number of carbonyl (C=O) groups excluding carboxylic acids is 1. The highest BCUT2D eigenvalue weighted by Gasteiger charge is 2.26. The monoisotopic (exact) mass is 349 g/mol. The smallest absolute Gasteiger partial charge is 0.272 e. The fourth-order valence-corrected chi connectivity index (χ4v) is 2.84. The number of carbonyl (C=O) groups is 1. The third-order valence-corrected chi connectivity index (χ3v) is 3.90. The summed E-state index contributed by atoms with van der Waals surface area (Å²) in [6.07, 6.45) is 0.531. The zero-order valence-corrected chi connectivity index (χ0v) is 14.5. The fourth-order valence-electron chi connectivity index (χ4n) is 2.84. The molecule has 1 aliphatic rings. The van der Waals surface area contributed by atoms with Crippen LogP contribution in [0.1, 0.15) is 37.0 Å². The van der Waals surface area contributed by atoms with Gasteiger partial charge in [-0.15, -0.1) is 0 Å². The Bertz CT molecular complexity index is 809. The maximum atomic E-state index is 13.6. The highest BCUT2D eigenvalue weighted by Crippen LogP contribution is 2.26. The number of hydrogen-bond acceptors (Lipinski definition) is 3. The van der Waals surface area contributed by atoms with E-state index in [1.807, 2.05) is 25.3 Å². The predicted molar refractivity (Wildman–Crippen MR) is 89.3 cm³/mol. The van der Waals surface area contributed by atoms with Crippen molar-refractivity contribution in [2.24, 2.45) is 0 Å². The molecule has 5 nitrogen and oxygen atoms in total. The zero-order chi connectivity index (χ0) is 18.2. The van der Waals surface area contributed by atoms with Crippen LogP contribution in [0.15, 0.2) is 18.2 Å². The fraction of sp³-hybridized carbons (Fsp3) is 0.444. The van der Waals surface area contributed by atoms with Gasteiger partial charge in [0.1, 0.15) is 11.5 Å². The van der Waals surface area contributed by atoms with Crippen molar-refractivity contribution >= 4 is 5.91 Å². The summed E-state index contributed by atoms with van der Waals surface area (Å²) in [6, 6.07) is 3.63. The second-order valence-electron chi connectivity index (χ2n) is 7.08. The summed E-state index contributed by atoms with van der Waals surface area (Å²) >= 11 is 0. The van der Waals surface area contributed by atoms with Crippen LogP contribution < -0.4 is 5.32 Å². The molecular formula is C18H21F2N3O2. The van der Waals surface area contributed by atoms with Gasteiger partial charge in [0.15, 0.2) is 11.6 Å². The molecule has 0 aliphatic carbocycles. The maximum absolute atomic E-state index is 13.6. The lowest BCUT2D eigenvalue weighted by molar-refractivity contribution is 0.0913. The van der Waals surface area contributed by atoms with E-state index < -0.39 is 17.2 Å². The third-order valence-electron chi connectivity index (χ3n) is 3.90. The van der Waals surface area contributed by atoms with Gasteiger partial charge >= 0.3 is 0 Å². The van der Waals surface area contributed by atoms with Gasteiger partial charge in [-0.2, -0.15) is 0 Å². The summed E-state index contributed by atoms with van der Waals surface area (Å²) < 4.78 is 34.2. The second kappa shape index (κ2) is 6.55. The number of rotatable bonds is 2. The van der Waals surface area contributed by atoms with Gasteiger partial charge in [-0.1, -0.05) is 0 Å². The van der Waals surface area contributed by atoms with E-state index in [9.17, 15) is 13.6 Å². The first kappa shape index (κ1) is 17.5. The minimum absolute atomic E-state index is 0.285. The normalized spacial score (nSPS) is 14.8. The van der Waals surface area contributed by atoms with Crippen molar-refractivity contribution in [2.45, 2.75) is 39.3 Å². The summed E-state index contributed by atoms with van der Waals surface area (Å²) in [7, 11) is 0. The molecule has 1 aromatic heterocycles. The Labute approximate surface area is 145 Å². The van der Waals surface area contributed by atoms with Gasteiger partial charge in [0.2, 0.25) is 0 Å². The molecule has 0 unspecified atom stereocenters. The Hall–Kier alpha value is -2.28. The first-order valence-corrected chi connectivity index (χ1v) is 8.21. The van der Waals surface area contributed by atoms with E-state index >= 15 is 0 Å². The summed E-state index contributed by atoms with van der Waals surface area (Å²) in [6.45, 7) is 7.12. The molecule has 1 N–H and O–H groups in total.